The van der Waals surface area contributed by atoms with Gasteiger partial charge in [0.05, 0.1) is 23.7 Å². The van der Waals surface area contributed by atoms with Crippen molar-refractivity contribution < 1.29 is 22.6 Å². The van der Waals surface area contributed by atoms with Crippen molar-refractivity contribution in [2.45, 2.75) is 32.4 Å². The maximum atomic E-state index is 13.2. The molecule has 0 N–H and O–H groups in total. The average Bonchev–Trinajstić information content (AvgIpc) is 3.00. The van der Waals surface area contributed by atoms with Crippen LogP contribution in [0.5, 0.6) is 5.75 Å². The standard InChI is InChI=1S/C20H19F3N2O2/c1-13-3-7-17(8-4-13)26-12-18-11-25(14(2)27-18)16-6-5-15(10-24)19(9-16)20(21,22)23/h3-9,14,18H,11-12H2,1-2H3/t14-,18+/m1/s1. The zero-order chi connectivity index (χ0) is 19.6. The predicted molar refractivity (Wildman–Crippen MR) is 94.5 cm³/mol. The summed E-state index contributed by atoms with van der Waals surface area (Å²) in [4.78, 5) is 1.74. The van der Waals surface area contributed by atoms with Gasteiger partial charge in [0.2, 0.25) is 0 Å². The van der Waals surface area contributed by atoms with Crippen molar-refractivity contribution in [1.82, 2.24) is 0 Å². The number of anilines is 1. The number of hydrogen-bond acceptors (Lipinski definition) is 4. The molecule has 1 heterocycles. The molecule has 27 heavy (non-hydrogen) atoms. The van der Waals surface area contributed by atoms with Crippen molar-refractivity contribution in [3.8, 4) is 11.8 Å². The summed E-state index contributed by atoms with van der Waals surface area (Å²) in [6, 6.07) is 12.9. The molecule has 0 spiro atoms. The number of halogens is 3. The van der Waals surface area contributed by atoms with E-state index in [1.165, 1.54) is 12.1 Å². The third-order valence-corrected chi connectivity index (χ3v) is 4.45. The molecule has 2 aromatic rings. The maximum absolute atomic E-state index is 13.2. The van der Waals surface area contributed by atoms with Gasteiger partial charge >= 0.3 is 6.18 Å². The molecule has 0 radical (unpaired) electrons. The molecule has 3 rings (SSSR count). The van der Waals surface area contributed by atoms with E-state index in [1.807, 2.05) is 31.2 Å². The summed E-state index contributed by atoms with van der Waals surface area (Å²) in [5.74, 6) is 0.716. The van der Waals surface area contributed by atoms with Crippen LogP contribution in [0.1, 0.15) is 23.6 Å². The van der Waals surface area contributed by atoms with Gasteiger partial charge in [-0.3, -0.25) is 0 Å². The van der Waals surface area contributed by atoms with E-state index >= 15 is 0 Å². The van der Waals surface area contributed by atoms with Gasteiger partial charge in [0.15, 0.2) is 0 Å². The number of rotatable bonds is 4. The monoisotopic (exact) mass is 376 g/mol. The van der Waals surface area contributed by atoms with Crippen molar-refractivity contribution in [3.63, 3.8) is 0 Å². The van der Waals surface area contributed by atoms with Crippen molar-refractivity contribution in [2.75, 3.05) is 18.1 Å². The van der Waals surface area contributed by atoms with Crippen LogP contribution in [0.15, 0.2) is 42.5 Å². The second-order valence-corrected chi connectivity index (χ2v) is 6.47. The highest BCUT2D eigenvalue weighted by Crippen LogP contribution is 2.36. The predicted octanol–water partition coefficient (Wildman–Crippen LogP) is 4.52. The van der Waals surface area contributed by atoms with E-state index in [2.05, 4.69) is 0 Å². The lowest BCUT2D eigenvalue weighted by Gasteiger charge is -2.23. The fraction of sp³-hybridized carbons (Fsp3) is 0.350. The summed E-state index contributed by atoms with van der Waals surface area (Å²) >= 11 is 0. The van der Waals surface area contributed by atoms with Gasteiger partial charge in [-0.2, -0.15) is 18.4 Å². The van der Waals surface area contributed by atoms with E-state index in [0.717, 1.165) is 11.6 Å². The Bertz CT molecular complexity index is 844. The molecule has 1 aliphatic rings. The van der Waals surface area contributed by atoms with E-state index < -0.39 is 23.5 Å². The Hall–Kier alpha value is -2.72. The summed E-state index contributed by atoms with van der Waals surface area (Å²) in [5, 5.41) is 8.92. The molecule has 0 amide bonds. The molecule has 1 saturated heterocycles. The number of nitrogens with zero attached hydrogens (tertiary/aromatic N) is 2. The van der Waals surface area contributed by atoms with Crippen LogP contribution < -0.4 is 9.64 Å². The molecule has 1 aliphatic heterocycles. The molecule has 0 aliphatic carbocycles. The smallest absolute Gasteiger partial charge is 0.417 e. The Balaban J connectivity index is 1.71. The Morgan fingerprint density at radius 1 is 1.22 bits per heavy atom. The van der Waals surface area contributed by atoms with Crippen LogP contribution >= 0.6 is 0 Å². The Morgan fingerprint density at radius 2 is 1.93 bits per heavy atom. The number of nitriles is 1. The second-order valence-electron chi connectivity index (χ2n) is 6.47. The molecule has 2 aromatic carbocycles. The van der Waals surface area contributed by atoms with Crippen LogP contribution in [0, 0.1) is 18.3 Å². The summed E-state index contributed by atoms with van der Waals surface area (Å²) in [5.41, 5.74) is 0.166. The third-order valence-electron chi connectivity index (χ3n) is 4.45. The molecule has 2 atom stereocenters. The molecule has 0 unspecified atom stereocenters. The Morgan fingerprint density at radius 3 is 2.56 bits per heavy atom. The minimum Gasteiger partial charge on any atom is -0.491 e. The van der Waals surface area contributed by atoms with Gasteiger partial charge in [0.25, 0.3) is 0 Å². The zero-order valence-corrected chi connectivity index (χ0v) is 15.0. The zero-order valence-electron chi connectivity index (χ0n) is 15.0. The first-order valence-corrected chi connectivity index (χ1v) is 8.51. The number of ether oxygens (including phenoxy) is 2. The largest absolute Gasteiger partial charge is 0.491 e. The van der Waals surface area contributed by atoms with Crippen LogP contribution in [0.2, 0.25) is 0 Å². The molecular weight excluding hydrogens is 357 g/mol. The summed E-state index contributed by atoms with van der Waals surface area (Å²) in [6.45, 7) is 4.45. The average molecular weight is 376 g/mol. The SMILES string of the molecule is Cc1ccc(OC[C@@H]2CN(c3ccc(C#N)c(C(F)(F)F)c3)[C@@H](C)O2)cc1. The molecule has 142 valence electrons. The number of alkyl halides is 3. The van der Waals surface area contributed by atoms with Gasteiger partial charge in [0, 0.05) is 5.69 Å². The van der Waals surface area contributed by atoms with E-state index in [9.17, 15) is 13.2 Å². The molecule has 1 fully saturated rings. The van der Waals surface area contributed by atoms with Gasteiger partial charge in [-0.25, -0.2) is 0 Å². The second kappa shape index (κ2) is 7.49. The van der Waals surface area contributed by atoms with Crippen LogP contribution in [0.3, 0.4) is 0 Å². The Kier molecular flexibility index (Phi) is 5.29. The lowest BCUT2D eigenvalue weighted by atomic mass is 10.1. The minimum absolute atomic E-state index is 0.272. The van der Waals surface area contributed by atoms with Crippen molar-refractivity contribution in [3.05, 3.63) is 59.2 Å². The normalized spacial score (nSPS) is 19.8. The molecule has 0 aromatic heterocycles. The van der Waals surface area contributed by atoms with Gasteiger partial charge < -0.3 is 14.4 Å². The van der Waals surface area contributed by atoms with Crippen LogP contribution in [-0.2, 0) is 10.9 Å². The summed E-state index contributed by atoms with van der Waals surface area (Å²) < 4.78 is 51.1. The lowest BCUT2D eigenvalue weighted by Crippen LogP contribution is -2.28. The highest BCUT2D eigenvalue weighted by Gasteiger charge is 2.36. The van der Waals surface area contributed by atoms with Gasteiger partial charge in [-0.15, -0.1) is 0 Å². The van der Waals surface area contributed by atoms with Crippen molar-refractivity contribution >= 4 is 5.69 Å². The minimum atomic E-state index is -4.58. The fourth-order valence-corrected chi connectivity index (χ4v) is 3.04. The number of benzene rings is 2. The maximum Gasteiger partial charge on any atom is 0.417 e. The highest BCUT2D eigenvalue weighted by atomic mass is 19.4. The van der Waals surface area contributed by atoms with Crippen LogP contribution in [-0.4, -0.2) is 25.5 Å². The molecule has 0 bridgehead atoms. The van der Waals surface area contributed by atoms with Crippen LogP contribution in [0.4, 0.5) is 18.9 Å². The Labute approximate surface area is 155 Å². The summed E-state index contributed by atoms with van der Waals surface area (Å²) in [6.07, 6.45) is -5.25. The first-order valence-electron chi connectivity index (χ1n) is 8.51. The number of hydrogen-bond donors (Lipinski definition) is 0. The van der Waals surface area contributed by atoms with E-state index in [0.29, 0.717) is 24.6 Å². The first kappa shape index (κ1) is 19.1. The van der Waals surface area contributed by atoms with Crippen LogP contribution in [0.25, 0.3) is 0 Å². The lowest BCUT2D eigenvalue weighted by molar-refractivity contribution is -0.137. The molecule has 0 saturated carbocycles. The van der Waals surface area contributed by atoms with E-state index in [1.54, 1.807) is 17.9 Å². The van der Waals surface area contributed by atoms with Gasteiger partial charge in [0.1, 0.15) is 24.7 Å². The first-order chi connectivity index (χ1) is 12.8. The topological polar surface area (TPSA) is 45.5 Å². The molecular formula is C20H19F3N2O2. The van der Waals surface area contributed by atoms with Crippen molar-refractivity contribution in [1.29, 1.82) is 5.26 Å². The van der Waals surface area contributed by atoms with Gasteiger partial charge in [-0.05, 0) is 44.2 Å². The fourth-order valence-electron chi connectivity index (χ4n) is 3.04. The third kappa shape index (κ3) is 4.34. The van der Waals surface area contributed by atoms with Gasteiger partial charge in [-0.1, -0.05) is 17.7 Å². The number of aryl methyl sites for hydroxylation is 1. The van der Waals surface area contributed by atoms with E-state index in [4.69, 9.17) is 14.7 Å². The van der Waals surface area contributed by atoms with E-state index in [-0.39, 0.29) is 6.10 Å². The molecule has 4 nitrogen and oxygen atoms in total. The molecule has 7 heteroatoms. The summed E-state index contributed by atoms with van der Waals surface area (Å²) in [7, 11) is 0. The highest BCUT2D eigenvalue weighted by molar-refractivity contribution is 5.55. The quantitative estimate of drug-likeness (QED) is 0.787. The van der Waals surface area contributed by atoms with Crippen molar-refractivity contribution in [2.24, 2.45) is 0 Å².